The number of alkyl halides is 3. The van der Waals surface area contributed by atoms with E-state index in [1.165, 1.54) is 18.2 Å². The summed E-state index contributed by atoms with van der Waals surface area (Å²) in [5, 5.41) is 2.94. The first kappa shape index (κ1) is 14.3. The molecule has 106 valence electrons. The number of rotatable bonds is 4. The molecule has 0 bridgehead atoms. The van der Waals surface area contributed by atoms with Gasteiger partial charge in [-0.05, 0) is 30.4 Å². The average Bonchev–Trinajstić information content (AvgIpc) is 2.71. The van der Waals surface area contributed by atoms with Crippen LogP contribution in [0.4, 0.5) is 23.9 Å². The van der Waals surface area contributed by atoms with Gasteiger partial charge in [0.2, 0.25) is 0 Å². The monoisotopic (exact) mass is 301 g/mol. The lowest BCUT2D eigenvalue weighted by Gasteiger charge is -2.13. The van der Waals surface area contributed by atoms with Gasteiger partial charge in [-0.2, -0.15) is 13.2 Å². The number of aromatic nitrogens is 1. The zero-order valence-electron chi connectivity index (χ0n) is 10.1. The largest absolute Gasteiger partial charge is 0.418 e. The van der Waals surface area contributed by atoms with Crippen LogP contribution in [0.15, 0.2) is 34.1 Å². The number of aliphatic imine (C=N–C) groups is 1. The van der Waals surface area contributed by atoms with E-state index < -0.39 is 11.7 Å². The number of hydrogen-bond donors (Lipinski definition) is 2. The number of anilines is 2. The van der Waals surface area contributed by atoms with Gasteiger partial charge in [0.05, 0.1) is 23.4 Å². The molecule has 0 saturated carbocycles. The summed E-state index contributed by atoms with van der Waals surface area (Å²) in [7, 11) is 0. The Kier molecular flexibility index (Phi) is 3.93. The molecule has 2 aromatic rings. The van der Waals surface area contributed by atoms with Crippen LogP contribution in [0.2, 0.25) is 0 Å². The standard InChI is InChI=1S/C12H10F3N3OS/c1-16-6-7-10(19)18-20-11(7)17-9-5-3-2-4-8(9)12(13,14)15/h2-5,17H,1,6H2,(H,18,19). The van der Waals surface area contributed by atoms with E-state index in [-0.39, 0.29) is 23.4 Å². The van der Waals surface area contributed by atoms with Gasteiger partial charge in [-0.25, -0.2) is 0 Å². The topological polar surface area (TPSA) is 57.2 Å². The molecule has 4 nitrogen and oxygen atoms in total. The predicted molar refractivity (Wildman–Crippen MR) is 72.9 cm³/mol. The van der Waals surface area contributed by atoms with E-state index in [0.29, 0.717) is 5.00 Å². The van der Waals surface area contributed by atoms with Crippen LogP contribution < -0.4 is 10.9 Å². The number of hydrogen-bond acceptors (Lipinski definition) is 4. The minimum Gasteiger partial charge on any atom is -0.345 e. The summed E-state index contributed by atoms with van der Waals surface area (Å²) in [5.41, 5.74) is -1.02. The molecule has 2 rings (SSSR count). The maximum Gasteiger partial charge on any atom is 0.418 e. The van der Waals surface area contributed by atoms with Crippen molar-refractivity contribution < 1.29 is 13.2 Å². The van der Waals surface area contributed by atoms with Gasteiger partial charge in [0.15, 0.2) is 0 Å². The molecule has 0 aliphatic rings. The first-order chi connectivity index (χ1) is 9.43. The lowest BCUT2D eigenvalue weighted by atomic mass is 10.1. The van der Waals surface area contributed by atoms with Crippen LogP contribution in [0, 0.1) is 0 Å². The number of nitrogens with one attached hydrogen (secondary N) is 2. The maximum atomic E-state index is 12.9. The second kappa shape index (κ2) is 5.49. The lowest BCUT2D eigenvalue weighted by Crippen LogP contribution is -2.10. The van der Waals surface area contributed by atoms with E-state index in [1.54, 1.807) is 0 Å². The molecule has 1 aromatic heterocycles. The van der Waals surface area contributed by atoms with E-state index in [2.05, 4.69) is 21.4 Å². The van der Waals surface area contributed by atoms with Crippen LogP contribution in [0.3, 0.4) is 0 Å². The molecule has 1 aromatic carbocycles. The van der Waals surface area contributed by atoms with Crippen LogP contribution in [-0.2, 0) is 12.7 Å². The fourth-order valence-corrected chi connectivity index (χ4v) is 2.40. The summed E-state index contributed by atoms with van der Waals surface area (Å²) in [6.07, 6.45) is -4.47. The Hall–Kier alpha value is -2.09. The normalized spacial score (nSPS) is 11.3. The van der Waals surface area contributed by atoms with Crippen molar-refractivity contribution >= 4 is 28.9 Å². The predicted octanol–water partition coefficient (Wildman–Crippen LogP) is 3.40. The van der Waals surface area contributed by atoms with Crippen molar-refractivity contribution in [2.75, 3.05) is 5.32 Å². The summed E-state index contributed by atoms with van der Waals surface area (Å²) < 4.78 is 41.1. The van der Waals surface area contributed by atoms with Crippen LogP contribution in [0.1, 0.15) is 11.1 Å². The van der Waals surface area contributed by atoms with Gasteiger partial charge in [-0.1, -0.05) is 12.1 Å². The Morgan fingerprint density at radius 3 is 2.70 bits per heavy atom. The first-order valence-corrected chi connectivity index (χ1v) is 6.31. The van der Waals surface area contributed by atoms with E-state index in [4.69, 9.17) is 0 Å². The zero-order valence-corrected chi connectivity index (χ0v) is 10.9. The van der Waals surface area contributed by atoms with Crippen molar-refractivity contribution in [3.8, 4) is 0 Å². The van der Waals surface area contributed by atoms with Gasteiger partial charge < -0.3 is 5.32 Å². The van der Waals surface area contributed by atoms with Crippen LogP contribution in [-0.4, -0.2) is 11.1 Å². The van der Waals surface area contributed by atoms with Crippen molar-refractivity contribution in [2.45, 2.75) is 12.7 Å². The Bertz CT molecular complexity index is 675. The highest BCUT2D eigenvalue weighted by Gasteiger charge is 2.33. The Balaban J connectivity index is 2.41. The van der Waals surface area contributed by atoms with E-state index in [9.17, 15) is 18.0 Å². The number of nitrogens with zero attached hydrogens (tertiary/aromatic N) is 1. The molecule has 20 heavy (non-hydrogen) atoms. The number of H-pyrrole nitrogens is 1. The summed E-state index contributed by atoms with van der Waals surface area (Å²) in [6, 6.07) is 5.07. The quantitative estimate of drug-likeness (QED) is 0.850. The number of para-hydroxylation sites is 1. The second-order valence-corrected chi connectivity index (χ2v) is 4.71. The fourth-order valence-electron chi connectivity index (χ4n) is 1.64. The Morgan fingerprint density at radius 1 is 1.35 bits per heavy atom. The molecule has 2 N–H and O–H groups in total. The van der Waals surface area contributed by atoms with Gasteiger partial charge in [0, 0.05) is 0 Å². The summed E-state index contributed by atoms with van der Waals surface area (Å²) >= 11 is 0.927. The molecular formula is C12H10F3N3OS. The molecule has 8 heteroatoms. The van der Waals surface area contributed by atoms with Crippen LogP contribution >= 0.6 is 11.5 Å². The third-order valence-corrected chi connectivity index (χ3v) is 3.38. The van der Waals surface area contributed by atoms with Gasteiger partial charge >= 0.3 is 6.18 Å². The van der Waals surface area contributed by atoms with Crippen molar-refractivity contribution in [2.24, 2.45) is 4.99 Å². The highest BCUT2D eigenvalue weighted by atomic mass is 32.1. The lowest BCUT2D eigenvalue weighted by molar-refractivity contribution is -0.136. The van der Waals surface area contributed by atoms with Crippen molar-refractivity contribution in [1.29, 1.82) is 0 Å². The molecule has 0 fully saturated rings. The summed E-state index contributed by atoms with van der Waals surface area (Å²) in [5.74, 6) is 0. The molecular weight excluding hydrogens is 291 g/mol. The van der Waals surface area contributed by atoms with Crippen molar-refractivity contribution in [3.63, 3.8) is 0 Å². The molecule has 0 radical (unpaired) electrons. The van der Waals surface area contributed by atoms with Gasteiger partial charge in [0.25, 0.3) is 5.56 Å². The first-order valence-electron chi connectivity index (χ1n) is 5.49. The molecule has 0 unspecified atom stereocenters. The SMILES string of the molecule is C=NCc1c(Nc2ccccc2C(F)(F)F)s[nH]c1=O. The molecule has 0 atom stereocenters. The highest BCUT2D eigenvalue weighted by Crippen LogP contribution is 2.36. The highest BCUT2D eigenvalue weighted by molar-refractivity contribution is 7.10. The minimum atomic E-state index is -4.47. The third kappa shape index (κ3) is 2.90. The Morgan fingerprint density at radius 2 is 2.05 bits per heavy atom. The average molecular weight is 301 g/mol. The third-order valence-electron chi connectivity index (χ3n) is 2.54. The molecule has 0 aliphatic carbocycles. The fraction of sp³-hybridized carbons (Fsp3) is 0.167. The van der Waals surface area contributed by atoms with Gasteiger partial charge in [-0.15, -0.1) is 0 Å². The van der Waals surface area contributed by atoms with Crippen molar-refractivity contribution in [3.05, 3.63) is 45.7 Å². The van der Waals surface area contributed by atoms with E-state index in [0.717, 1.165) is 17.6 Å². The molecule has 0 amide bonds. The van der Waals surface area contributed by atoms with E-state index in [1.807, 2.05) is 0 Å². The van der Waals surface area contributed by atoms with Crippen molar-refractivity contribution in [1.82, 2.24) is 4.37 Å². The molecule has 0 saturated heterocycles. The second-order valence-electron chi connectivity index (χ2n) is 3.89. The summed E-state index contributed by atoms with van der Waals surface area (Å²) in [6.45, 7) is 3.31. The van der Waals surface area contributed by atoms with Gasteiger partial charge in [-0.3, -0.25) is 14.2 Å². The number of benzene rings is 1. The summed E-state index contributed by atoms with van der Waals surface area (Å²) in [4.78, 5) is 15.1. The maximum absolute atomic E-state index is 12.9. The smallest absolute Gasteiger partial charge is 0.345 e. The molecule has 0 spiro atoms. The number of halogens is 3. The van der Waals surface area contributed by atoms with E-state index >= 15 is 0 Å². The molecule has 0 aliphatic heterocycles. The van der Waals surface area contributed by atoms with Gasteiger partial charge in [0.1, 0.15) is 5.00 Å². The van der Waals surface area contributed by atoms with Crippen LogP contribution in [0.25, 0.3) is 0 Å². The Labute approximate surface area is 116 Å². The number of aromatic amines is 1. The molecule has 1 heterocycles. The zero-order chi connectivity index (χ0) is 14.8. The van der Waals surface area contributed by atoms with Crippen LogP contribution in [0.5, 0.6) is 0 Å². The minimum absolute atomic E-state index is 0.0371.